The van der Waals surface area contributed by atoms with E-state index in [4.69, 9.17) is 9.47 Å². The molecule has 0 saturated heterocycles. The molecule has 2 atom stereocenters. The standard InChI is InChI=1S/C22H34N2O4/c1-15(2)23-11-19(25)13-27-21-9-17-7-5-6-8-18(17)10-22(21)28-14-20(26)12-24-16(3)4/h5-10,15-16,19-20,23-26H,11-14H2,1-4H3/t19-,20-/m0/s1. The van der Waals surface area contributed by atoms with Gasteiger partial charge < -0.3 is 30.3 Å². The second-order valence-corrected chi connectivity index (χ2v) is 7.70. The molecular formula is C22H34N2O4. The third kappa shape index (κ3) is 7.64. The van der Waals surface area contributed by atoms with Gasteiger partial charge in [-0.1, -0.05) is 52.0 Å². The highest BCUT2D eigenvalue weighted by Gasteiger charge is 2.13. The van der Waals surface area contributed by atoms with Gasteiger partial charge in [-0.05, 0) is 22.9 Å². The first kappa shape index (κ1) is 22.4. The quantitative estimate of drug-likeness (QED) is 0.445. The van der Waals surface area contributed by atoms with Gasteiger partial charge >= 0.3 is 0 Å². The molecule has 0 heterocycles. The average molecular weight is 391 g/mol. The Morgan fingerprint density at radius 2 is 1.14 bits per heavy atom. The number of hydrogen-bond acceptors (Lipinski definition) is 6. The Hall–Kier alpha value is -1.86. The minimum absolute atomic E-state index is 0.159. The van der Waals surface area contributed by atoms with Crippen molar-refractivity contribution in [3.63, 3.8) is 0 Å². The molecule has 2 aromatic carbocycles. The molecule has 156 valence electrons. The monoisotopic (exact) mass is 390 g/mol. The van der Waals surface area contributed by atoms with E-state index in [0.717, 1.165) is 10.8 Å². The van der Waals surface area contributed by atoms with Crippen LogP contribution in [0, 0.1) is 0 Å². The first-order chi connectivity index (χ1) is 13.3. The Morgan fingerprint density at radius 3 is 1.50 bits per heavy atom. The molecule has 4 N–H and O–H groups in total. The van der Waals surface area contributed by atoms with Gasteiger partial charge in [0.25, 0.3) is 0 Å². The lowest BCUT2D eigenvalue weighted by Crippen LogP contribution is -2.35. The van der Waals surface area contributed by atoms with Crippen molar-refractivity contribution in [2.24, 2.45) is 0 Å². The second-order valence-electron chi connectivity index (χ2n) is 7.70. The fourth-order valence-electron chi connectivity index (χ4n) is 2.66. The van der Waals surface area contributed by atoms with E-state index in [1.54, 1.807) is 0 Å². The van der Waals surface area contributed by atoms with Gasteiger partial charge in [-0.15, -0.1) is 0 Å². The SMILES string of the molecule is CC(C)NC[C@H](O)COc1cc2ccccc2cc1OC[C@@H](O)CNC(C)C. The molecule has 2 rings (SSSR count). The van der Waals surface area contributed by atoms with Crippen molar-refractivity contribution in [3.05, 3.63) is 36.4 Å². The summed E-state index contributed by atoms with van der Waals surface area (Å²) >= 11 is 0. The van der Waals surface area contributed by atoms with Crippen LogP contribution in [0.3, 0.4) is 0 Å². The van der Waals surface area contributed by atoms with Crippen LogP contribution in [-0.2, 0) is 0 Å². The summed E-state index contributed by atoms with van der Waals surface area (Å²) in [4.78, 5) is 0. The molecule has 0 radical (unpaired) electrons. The number of nitrogens with one attached hydrogen (secondary N) is 2. The highest BCUT2D eigenvalue weighted by molar-refractivity contribution is 5.86. The molecule has 0 amide bonds. The van der Waals surface area contributed by atoms with Gasteiger partial charge in [0.15, 0.2) is 11.5 Å². The Balaban J connectivity index is 2.05. The van der Waals surface area contributed by atoms with Crippen molar-refractivity contribution in [2.45, 2.75) is 52.0 Å². The first-order valence-corrected chi connectivity index (χ1v) is 9.96. The van der Waals surface area contributed by atoms with E-state index in [1.165, 1.54) is 0 Å². The Labute approximate surface area is 167 Å². The lowest BCUT2D eigenvalue weighted by Gasteiger charge is -2.19. The molecule has 0 aromatic heterocycles. The number of rotatable bonds is 12. The van der Waals surface area contributed by atoms with Gasteiger partial charge in [0.2, 0.25) is 0 Å². The van der Waals surface area contributed by atoms with E-state index in [2.05, 4.69) is 10.6 Å². The highest BCUT2D eigenvalue weighted by atomic mass is 16.5. The summed E-state index contributed by atoms with van der Waals surface area (Å²) in [6.07, 6.45) is -1.25. The topological polar surface area (TPSA) is 83.0 Å². The molecule has 28 heavy (non-hydrogen) atoms. The summed E-state index contributed by atoms with van der Waals surface area (Å²) in [7, 11) is 0. The van der Waals surface area contributed by atoms with Crippen molar-refractivity contribution in [3.8, 4) is 11.5 Å². The van der Waals surface area contributed by atoms with Gasteiger partial charge in [0.1, 0.15) is 25.4 Å². The number of aliphatic hydroxyl groups excluding tert-OH is 2. The van der Waals surface area contributed by atoms with E-state index < -0.39 is 12.2 Å². The smallest absolute Gasteiger partial charge is 0.161 e. The van der Waals surface area contributed by atoms with Crippen LogP contribution < -0.4 is 20.1 Å². The van der Waals surface area contributed by atoms with Crippen LogP contribution in [0.1, 0.15) is 27.7 Å². The van der Waals surface area contributed by atoms with Crippen molar-refractivity contribution in [1.29, 1.82) is 0 Å². The van der Waals surface area contributed by atoms with Crippen LogP contribution in [0.4, 0.5) is 0 Å². The molecule has 0 spiro atoms. The number of hydrogen-bond donors (Lipinski definition) is 4. The molecule has 0 aliphatic carbocycles. The third-order valence-corrected chi connectivity index (χ3v) is 4.20. The van der Waals surface area contributed by atoms with Crippen molar-refractivity contribution >= 4 is 10.8 Å². The van der Waals surface area contributed by atoms with Crippen molar-refractivity contribution in [1.82, 2.24) is 10.6 Å². The van der Waals surface area contributed by atoms with Crippen molar-refractivity contribution < 1.29 is 19.7 Å². The van der Waals surface area contributed by atoms with Crippen LogP contribution in [0.15, 0.2) is 36.4 Å². The minimum atomic E-state index is -0.623. The molecule has 0 aliphatic rings. The molecule has 0 unspecified atom stereocenters. The number of aliphatic hydroxyl groups is 2. The van der Waals surface area contributed by atoms with Gasteiger partial charge in [0.05, 0.1) is 0 Å². The zero-order valence-corrected chi connectivity index (χ0v) is 17.3. The molecule has 6 heteroatoms. The van der Waals surface area contributed by atoms with Crippen LogP contribution in [0.5, 0.6) is 11.5 Å². The number of ether oxygens (including phenoxy) is 2. The summed E-state index contributed by atoms with van der Waals surface area (Å²) < 4.78 is 11.7. The van der Waals surface area contributed by atoms with E-state index in [-0.39, 0.29) is 13.2 Å². The fraction of sp³-hybridized carbons (Fsp3) is 0.545. The molecule has 2 aromatic rings. The summed E-state index contributed by atoms with van der Waals surface area (Å²) in [6.45, 7) is 9.36. The Morgan fingerprint density at radius 1 is 0.750 bits per heavy atom. The Kier molecular flexibility index (Phi) is 8.99. The summed E-state index contributed by atoms with van der Waals surface area (Å²) in [5.41, 5.74) is 0. The number of benzene rings is 2. The molecule has 0 aliphatic heterocycles. The van der Waals surface area contributed by atoms with Gasteiger partial charge in [-0.25, -0.2) is 0 Å². The predicted octanol–water partition coefficient (Wildman–Crippen LogP) is 2.32. The van der Waals surface area contributed by atoms with Crippen LogP contribution in [-0.4, -0.2) is 60.8 Å². The first-order valence-electron chi connectivity index (χ1n) is 9.96. The summed E-state index contributed by atoms with van der Waals surface area (Å²) in [5.74, 6) is 1.12. The minimum Gasteiger partial charge on any atom is -0.487 e. The maximum atomic E-state index is 10.1. The van der Waals surface area contributed by atoms with Crippen LogP contribution >= 0.6 is 0 Å². The van der Waals surface area contributed by atoms with Gasteiger partial charge in [-0.2, -0.15) is 0 Å². The molecule has 6 nitrogen and oxygen atoms in total. The zero-order chi connectivity index (χ0) is 20.5. The van der Waals surface area contributed by atoms with Gasteiger partial charge in [-0.3, -0.25) is 0 Å². The normalized spacial score (nSPS) is 13.9. The molecule has 0 fully saturated rings. The van der Waals surface area contributed by atoms with E-state index in [9.17, 15) is 10.2 Å². The number of fused-ring (bicyclic) bond motifs is 1. The van der Waals surface area contributed by atoms with E-state index in [1.807, 2.05) is 64.1 Å². The predicted molar refractivity (Wildman–Crippen MR) is 113 cm³/mol. The largest absolute Gasteiger partial charge is 0.487 e. The van der Waals surface area contributed by atoms with Crippen LogP contribution in [0.2, 0.25) is 0 Å². The van der Waals surface area contributed by atoms with Crippen molar-refractivity contribution in [2.75, 3.05) is 26.3 Å². The summed E-state index contributed by atoms with van der Waals surface area (Å²) in [6, 6.07) is 12.4. The fourth-order valence-corrected chi connectivity index (χ4v) is 2.66. The Bertz CT molecular complexity index is 660. The maximum absolute atomic E-state index is 10.1. The maximum Gasteiger partial charge on any atom is 0.161 e. The summed E-state index contributed by atoms with van der Waals surface area (Å²) in [5, 5.41) is 28.7. The third-order valence-electron chi connectivity index (χ3n) is 4.20. The zero-order valence-electron chi connectivity index (χ0n) is 17.3. The van der Waals surface area contributed by atoms with E-state index >= 15 is 0 Å². The highest BCUT2D eigenvalue weighted by Crippen LogP contribution is 2.32. The average Bonchev–Trinajstić information content (AvgIpc) is 2.67. The van der Waals surface area contributed by atoms with E-state index in [0.29, 0.717) is 36.7 Å². The molecule has 0 saturated carbocycles. The van der Waals surface area contributed by atoms with Crippen LogP contribution in [0.25, 0.3) is 10.8 Å². The van der Waals surface area contributed by atoms with Gasteiger partial charge in [0, 0.05) is 25.2 Å². The second kappa shape index (κ2) is 11.2. The lowest BCUT2D eigenvalue weighted by molar-refractivity contribution is 0.0911. The molecular weight excluding hydrogens is 356 g/mol. The molecule has 0 bridgehead atoms. The lowest BCUT2D eigenvalue weighted by atomic mass is 10.1.